The lowest BCUT2D eigenvalue weighted by Crippen LogP contribution is -1.95. The van der Waals surface area contributed by atoms with Gasteiger partial charge in [-0.3, -0.25) is 0 Å². The molecule has 1 rings (SSSR count). The first-order valence-corrected chi connectivity index (χ1v) is 2.99. The van der Waals surface area contributed by atoms with Gasteiger partial charge in [-0.05, 0) is 12.1 Å². The van der Waals surface area contributed by atoms with Crippen LogP contribution >= 0.6 is 0 Å². The van der Waals surface area contributed by atoms with E-state index in [0.717, 1.165) is 5.76 Å². The molecule has 1 aromatic rings. The summed E-state index contributed by atoms with van der Waals surface area (Å²) >= 11 is 0. The Bertz CT molecular complexity index is 155. The van der Waals surface area contributed by atoms with Crippen molar-refractivity contribution in [1.82, 2.24) is 0 Å². The summed E-state index contributed by atoms with van der Waals surface area (Å²) in [5.74, 6) is 0.970. The van der Waals surface area contributed by atoms with Gasteiger partial charge in [-0.2, -0.15) is 0 Å². The molecule has 0 saturated heterocycles. The fourth-order valence-corrected chi connectivity index (χ4v) is 0.662. The molecule has 2 nitrogen and oxygen atoms in total. The topological polar surface area (TPSA) is 33.4 Å². The van der Waals surface area contributed by atoms with E-state index in [0.29, 0.717) is 0 Å². The number of aliphatic hydroxyl groups is 1. The van der Waals surface area contributed by atoms with E-state index in [4.69, 9.17) is 9.52 Å². The van der Waals surface area contributed by atoms with E-state index < -0.39 is 0 Å². The molecule has 1 aromatic heterocycles. The van der Waals surface area contributed by atoms with Gasteiger partial charge in [-0.15, -0.1) is 0 Å². The van der Waals surface area contributed by atoms with Crippen LogP contribution in [0.1, 0.15) is 18.6 Å². The minimum absolute atomic E-state index is 0.125. The lowest BCUT2D eigenvalue weighted by molar-refractivity contribution is 0.257. The molecule has 1 N–H and O–H groups in total. The van der Waals surface area contributed by atoms with E-state index in [1.807, 2.05) is 19.1 Å². The molecule has 0 spiro atoms. The minimum atomic E-state index is 0.125. The van der Waals surface area contributed by atoms with Crippen LogP contribution in [0.3, 0.4) is 0 Å². The number of aliphatic hydroxyl groups excluding tert-OH is 1. The maximum Gasteiger partial charge on any atom is 0.108 e. The first-order valence-electron chi connectivity index (χ1n) is 2.99. The number of rotatable bonds is 2. The normalized spacial score (nSPS) is 13.6. The van der Waals surface area contributed by atoms with E-state index in [2.05, 4.69) is 0 Å². The number of hydrogen-bond donors (Lipinski definition) is 1. The molecule has 1 heterocycles. The second-order valence-corrected chi connectivity index (χ2v) is 2.10. The van der Waals surface area contributed by atoms with Gasteiger partial charge in [0.1, 0.15) is 5.76 Å². The second-order valence-electron chi connectivity index (χ2n) is 2.10. The molecule has 0 amide bonds. The van der Waals surface area contributed by atoms with Gasteiger partial charge in [0.05, 0.1) is 12.9 Å². The smallest absolute Gasteiger partial charge is 0.108 e. The summed E-state index contributed by atoms with van der Waals surface area (Å²) in [5.41, 5.74) is 0. The van der Waals surface area contributed by atoms with Gasteiger partial charge in [0.2, 0.25) is 0 Å². The van der Waals surface area contributed by atoms with Gasteiger partial charge in [-0.1, -0.05) is 6.92 Å². The van der Waals surface area contributed by atoms with Crippen molar-refractivity contribution in [1.29, 1.82) is 0 Å². The van der Waals surface area contributed by atoms with Crippen molar-refractivity contribution in [3.8, 4) is 0 Å². The van der Waals surface area contributed by atoms with Crippen LogP contribution in [0.15, 0.2) is 22.8 Å². The molecule has 0 saturated carbocycles. The lowest BCUT2D eigenvalue weighted by atomic mass is 10.1. The molecule has 1 atom stereocenters. The average molecular weight is 126 g/mol. The zero-order chi connectivity index (χ0) is 6.69. The molecule has 0 aliphatic rings. The highest BCUT2D eigenvalue weighted by Crippen LogP contribution is 2.13. The van der Waals surface area contributed by atoms with Crippen LogP contribution in [0.25, 0.3) is 0 Å². The third kappa shape index (κ3) is 1.33. The van der Waals surface area contributed by atoms with Gasteiger partial charge in [0.25, 0.3) is 0 Å². The highest BCUT2D eigenvalue weighted by atomic mass is 16.3. The maximum atomic E-state index is 8.65. The highest BCUT2D eigenvalue weighted by molar-refractivity contribution is 5.03. The minimum Gasteiger partial charge on any atom is -0.469 e. The zero-order valence-corrected chi connectivity index (χ0v) is 5.37. The predicted octanol–water partition coefficient (Wildman–Crippen LogP) is 1.38. The fourth-order valence-electron chi connectivity index (χ4n) is 0.662. The van der Waals surface area contributed by atoms with Crippen molar-refractivity contribution >= 4 is 0 Å². The Morgan fingerprint density at radius 3 is 3.00 bits per heavy atom. The summed E-state index contributed by atoms with van der Waals surface area (Å²) in [6.45, 7) is 2.06. The number of furan rings is 1. The highest BCUT2D eigenvalue weighted by Gasteiger charge is 2.04. The monoisotopic (exact) mass is 126 g/mol. The zero-order valence-electron chi connectivity index (χ0n) is 5.37. The molecule has 1 unspecified atom stereocenters. The fraction of sp³-hybridized carbons (Fsp3) is 0.429. The Morgan fingerprint density at radius 1 is 1.78 bits per heavy atom. The van der Waals surface area contributed by atoms with Crippen LogP contribution in [-0.2, 0) is 0 Å². The lowest BCUT2D eigenvalue weighted by Gasteiger charge is -2.00. The summed E-state index contributed by atoms with van der Waals surface area (Å²) in [7, 11) is 0. The molecule has 9 heavy (non-hydrogen) atoms. The Hall–Kier alpha value is -0.760. The standard InChI is InChI=1S/C7H10O2/c1-6(5-8)7-3-2-4-9-7/h2-4,6,8H,5H2,1H3. The van der Waals surface area contributed by atoms with Gasteiger partial charge < -0.3 is 9.52 Å². The summed E-state index contributed by atoms with van der Waals surface area (Å²) in [4.78, 5) is 0. The van der Waals surface area contributed by atoms with Gasteiger partial charge in [0.15, 0.2) is 0 Å². The van der Waals surface area contributed by atoms with Crippen LogP contribution in [0.5, 0.6) is 0 Å². The molecule has 50 valence electrons. The Balaban J connectivity index is 2.65. The van der Waals surface area contributed by atoms with E-state index >= 15 is 0 Å². The van der Waals surface area contributed by atoms with Crippen LogP contribution in [-0.4, -0.2) is 11.7 Å². The Morgan fingerprint density at radius 2 is 2.56 bits per heavy atom. The molecule has 0 aliphatic carbocycles. The van der Waals surface area contributed by atoms with Crippen LogP contribution in [0, 0.1) is 0 Å². The van der Waals surface area contributed by atoms with Crippen molar-refractivity contribution < 1.29 is 9.52 Å². The van der Waals surface area contributed by atoms with Gasteiger partial charge in [-0.25, -0.2) is 0 Å². The quantitative estimate of drug-likeness (QED) is 0.649. The predicted molar refractivity (Wildman–Crippen MR) is 34.2 cm³/mol. The van der Waals surface area contributed by atoms with Crippen LogP contribution in [0.4, 0.5) is 0 Å². The largest absolute Gasteiger partial charge is 0.469 e. The Kier molecular flexibility index (Phi) is 1.90. The average Bonchev–Trinajstić information content (AvgIpc) is 2.37. The van der Waals surface area contributed by atoms with Crippen molar-refractivity contribution in [2.75, 3.05) is 6.61 Å². The van der Waals surface area contributed by atoms with Crippen molar-refractivity contribution in [2.45, 2.75) is 12.8 Å². The third-order valence-corrected chi connectivity index (χ3v) is 1.30. The van der Waals surface area contributed by atoms with E-state index in [1.165, 1.54) is 0 Å². The summed E-state index contributed by atoms with van der Waals surface area (Å²) in [6.07, 6.45) is 1.61. The summed E-state index contributed by atoms with van der Waals surface area (Å²) < 4.78 is 5.03. The Labute approximate surface area is 54.1 Å². The van der Waals surface area contributed by atoms with Crippen LogP contribution in [0.2, 0.25) is 0 Å². The van der Waals surface area contributed by atoms with Gasteiger partial charge in [0, 0.05) is 5.92 Å². The molecule has 0 fully saturated rings. The molecular weight excluding hydrogens is 116 g/mol. The summed E-state index contributed by atoms with van der Waals surface area (Å²) in [5, 5.41) is 8.65. The molecule has 0 bridgehead atoms. The van der Waals surface area contributed by atoms with Crippen molar-refractivity contribution in [3.63, 3.8) is 0 Å². The van der Waals surface area contributed by atoms with Crippen molar-refractivity contribution in [2.24, 2.45) is 0 Å². The molecular formula is C7H10O2. The molecule has 0 aromatic carbocycles. The van der Waals surface area contributed by atoms with Crippen molar-refractivity contribution in [3.05, 3.63) is 24.2 Å². The molecule has 0 radical (unpaired) electrons. The van der Waals surface area contributed by atoms with Crippen LogP contribution < -0.4 is 0 Å². The number of hydrogen-bond acceptors (Lipinski definition) is 2. The van der Waals surface area contributed by atoms with E-state index in [-0.39, 0.29) is 12.5 Å². The molecule has 2 heteroatoms. The summed E-state index contributed by atoms with van der Waals surface area (Å²) in [6, 6.07) is 3.68. The SMILES string of the molecule is CC(CO)c1ccco1. The third-order valence-electron chi connectivity index (χ3n) is 1.30. The molecule has 0 aliphatic heterocycles. The second kappa shape index (κ2) is 2.69. The maximum absolute atomic E-state index is 8.65. The van der Waals surface area contributed by atoms with Gasteiger partial charge >= 0.3 is 0 Å². The van der Waals surface area contributed by atoms with E-state index in [1.54, 1.807) is 6.26 Å². The first-order chi connectivity index (χ1) is 4.34. The van der Waals surface area contributed by atoms with E-state index in [9.17, 15) is 0 Å². The first kappa shape index (κ1) is 6.36.